The number of piperidine rings is 1. The van der Waals surface area contributed by atoms with E-state index in [1.807, 2.05) is 0 Å². The first-order chi connectivity index (χ1) is 11.6. The number of nitrogens with one attached hydrogen (secondary N) is 2. The molecule has 0 unspecified atom stereocenters. The lowest BCUT2D eigenvalue weighted by Crippen LogP contribution is -2.52. The molecule has 1 aliphatic heterocycles. The lowest BCUT2D eigenvalue weighted by Gasteiger charge is -2.40. The molecule has 0 spiro atoms. The minimum atomic E-state index is -0.205. The Morgan fingerprint density at radius 2 is 2.08 bits per heavy atom. The monoisotopic (exact) mass is 329 g/mol. The highest BCUT2D eigenvalue weighted by molar-refractivity contribution is 5.83. The number of hydrogen-bond donors (Lipinski definition) is 2. The number of ether oxygens (including phenoxy) is 1. The highest BCUT2D eigenvalue weighted by Gasteiger charge is 2.34. The number of carbonyl (C=O) groups is 1. The number of hydrogen-bond acceptors (Lipinski definition) is 3. The molecule has 0 radical (unpaired) electrons. The first kappa shape index (κ1) is 17.0. The highest BCUT2D eigenvalue weighted by Crippen LogP contribution is 2.26. The van der Waals surface area contributed by atoms with Gasteiger partial charge in [0.05, 0.1) is 5.60 Å². The maximum absolute atomic E-state index is 11.2. The number of nitrogens with zero attached hydrogens (tertiary/aromatic N) is 1. The molecule has 1 fully saturated rings. The van der Waals surface area contributed by atoms with E-state index in [2.05, 4.69) is 45.7 Å². The second-order valence-electron chi connectivity index (χ2n) is 6.75. The van der Waals surface area contributed by atoms with Crippen LogP contribution in [0.1, 0.15) is 25.3 Å². The fourth-order valence-corrected chi connectivity index (χ4v) is 3.54. The van der Waals surface area contributed by atoms with Gasteiger partial charge in [0.15, 0.2) is 0 Å². The molecule has 0 saturated carbocycles. The van der Waals surface area contributed by atoms with E-state index in [1.165, 1.54) is 16.5 Å². The molecule has 2 heterocycles. The lowest BCUT2D eigenvalue weighted by atomic mass is 9.90. The Bertz CT molecular complexity index is 687. The van der Waals surface area contributed by atoms with Gasteiger partial charge in [-0.05, 0) is 30.9 Å². The molecule has 130 valence electrons. The number of para-hydroxylation sites is 1. The number of methoxy groups -OCH3 is 1. The van der Waals surface area contributed by atoms with Crippen LogP contribution in [0.15, 0.2) is 30.5 Å². The normalized spacial score (nSPS) is 17.9. The van der Waals surface area contributed by atoms with Gasteiger partial charge >= 0.3 is 0 Å². The van der Waals surface area contributed by atoms with Crippen molar-refractivity contribution in [3.8, 4) is 0 Å². The molecule has 1 saturated heterocycles. The largest absolute Gasteiger partial charge is 0.376 e. The molecular weight excluding hydrogens is 302 g/mol. The van der Waals surface area contributed by atoms with Crippen LogP contribution in [0.25, 0.3) is 10.9 Å². The van der Waals surface area contributed by atoms with E-state index in [9.17, 15) is 4.79 Å². The van der Waals surface area contributed by atoms with E-state index in [0.717, 1.165) is 38.9 Å². The van der Waals surface area contributed by atoms with Gasteiger partial charge < -0.3 is 19.9 Å². The first-order valence-corrected chi connectivity index (χ1v) is 8.69. The van der Waals surface area contributed by atoms with E-state index in [1.54, 1.807) is 14.0 Å². The van der Waals surface area contributed by atoms with Crippen molar-refractivity contribution in [3.05, 3.63) is 36.0 Å². The number of carbonyl (C=O) groups excluding carboxylic acids is 1. The zero-order valence-electron chi connectivity index (χ0n) is 14.6. The third kappa shape index (κ3) is 3.79. The summed E-state index contributed by atoms with van der Waals surface area (Å²) in [5.74, 6) is 0.00758. The van der Waals surface area contributed by atoms with Crippen LogP contribution >= 0.6 is 0 Å². The Labute approximate surface area is 143 Å². The van der Waals surface area contributed by atoms with Crippen LogP contribution in [-0.4, -0.2) is 54.7 Å². The maximum atomic E-state index is 11.2. The fourth-order valence-electron chi connectivity index (χ4n) is 3.54. The molecule has 3 rings (SSSR count). The van der Waals surface area contributed by atoms with Gasteiger partial charge in [0, 0.05) is 57.3 Å². The lowest BCUT2D eigenvalue weighted by molar-refractivity contribution is -0.121. The first-order valence-electron chi connectivity index (χ1n) is 8.69. The van der Waals surface area contributed by atoms with Gasteiger partial charge in [-0.1, -0.05) is 18.2 Å². The van der Waals surface area contributed by atoms with Crippen molar-refractivity contribution >= 4 is 16.8 Å². The van der Waals surface area contributed by atoms with E-state index in [-0.39, 0.29) is 11.5 Å². The molecule has 1 amide bonds. The SMILES string of the molecule is COC1(CNC(C)=O)CCN(CCc2c[nH]c3ccccc23)CC1. The average Bonchev–Trinajstić information content (AvgIpc) is 3.02. The van der Waals surface area contributed by atoms with Gasteiger partial charge in [0.1, 0.15) is 0 Å². The Morgan fingerprint density at radius 1 is 1.33 bits per heavy atom. The highest BCUT2D eigenvalue weighted by atomic mass is 16.5. The summed E-state index contributed by atoms with van der Waals surface area (Å²) in [5, 5.41) is 4.24. The van der Waals surface area contributed by atoms with Gasteiger partial charge in [0.2, 0.25) is 5.91 Å². The molecule has 0 aliphatic carbocycles. The van der Waals surface area contributed by atoms with Crippen LogP contribution in [0, 0.1) is 0 Å². The zero-order valence-corrected chi connectivity index (χ0v) is 14.6. The number of likely N-dealkylation sites (tertiary alicyclic amines) is 1. The van der Waals surface area contributed by atoms with Crippen molar-refractivity contribution in [2.75, 3.05) is 33.3 Å². The van der Waals surface area contributed by atoms with Crippen molar-refractivity contribution in [2.45, 2.75) is 31.8 Å². The Morgan fingerprint density at radius 3 is 2.79 bits per heavy atom. The quantitative estimate of drug-likeness (QED) is 0.855. The number of rotatable bonds is 6. The smallest absolute Gasteiger partial charge is 0.216 e. The third-order valence-corrected chi connectivity index (χ3v) is 5.23. The second kappa shape index (κ2) is 7.36. The van der Waals surface area contributed by atoms with E-state index in [4.69, 9.17) is 4.74 Å². The summed E-state index contributed by atoms with van der Waals surface area (Å²) in [6.45, 7) is 5.24. The zero-order chi connectivity index (χ0) is 17.0. The van der Waals surface area contributed by atoms with E-state index >= 15 is 0 Å². The van der Waals surface area contributed by atoms with Gasteiger partial charge in [-0.3, -0.25) is 4.79 Å². The van der Waals surface area contributed by atoms with Crippen LogP contribution in [0.3, 0.4) is 0 Å². The predicted octanol–water partition coefficient (Wildman–Crippen LogP) is 2.33. The van der Waals surface area contributed by atoms with Crippen molar-refractivity contribution in [3.63, 3.8) is 0 Å². The van der Waals surface area contributed by atoms with Crippen molar-refractivity contribution < 1.29 is 9.53 Å². The topological polar surface area (TPSA) is 57.4 Å². The van der Waals surface area contributed by atoms with Gasteiger partial charge in [-0.2, -0.15) is 0 Å². The molecule has 1 aromatic carbocycles. The second-order valence-corrected chi connectivity index (χ2v) is 6.75. The van der Waals surface area contributed by atoms with Crippen molar-refractivity contribution in [1.82, 2.24) is 15.2 Å². The third-order valence-electron chi connectivity index (χ3n) is 5.23. The molecule has 5 heteroatoms. The Hall–Kier alpha value is -1.85. The minimum absolute atomic E-state index is 0.00758. The van der Waals surface area contributed by atoms with E-state index in [0.29, 0.717) is 6.54 Å². The molecule has 2 aromatic rings. The molecule has 2 N–H and O–H groups in total. The van der Waals surface area contributed by atoms with Gasteiger partial charge in [-0.15, -0.1) is 0 Å². The predicted molar refractivity (Wildman–Crippen MR) is 96.1 cm³/mol. The fraction of sp³-hybridized carbons (Fsp3) is 0.526. The molecule has 5 nitrogen and oxygen atoms in total. The average molecular weight is 329 g/mol. The summed E-state index contributed by atoms with van der Waals surface area (Å²) in [7, 11) is 1.75. The number of amides is 1. The number of aromatic nitrogens is 1. The molecule has 24 heavy (non-hydrogen) atoms. The maximum Gasteiger partial charge on any atom is 0.216 e. The van der Waals surface area contributed by atoms with Crippen molar-refractivity contribution in [2.24, 2.45) is 0 Å². The summed E-state index contributed by atoms with van der Waals surface area (Å²) in [5.41, 5.74) is 2.38. The Balaban J connectivity index is 1.52. The summed E-state index contributed by atoms with van der Waals surface area (Å²) in [6.07, 6.45) is 5.09. The summed E-state index contributed by atoms with van der Waals surface area (Å²) >= 11 is 0. The molecule has 1 aromatic heterocycles. The summed E-state index contributed by atoms with van der Waals surface area (Å²) in [4.78, 5) is 17.0. The van der Waals surface area contributed by atoms with Crippen LogP contribution in [0.5, 0.6) is 0 Å². The van der Waals surface area contributed by atoms with Crippen LogP contribution < -0.4 is 5.32 Å². The number of fused-ring (bicyclic) bond motifs is 1. The number of benzene rings is 1. The molecule has 0 bridgehead atoms. The van der Waals surface area contributed by atoms with Gasteiger partial charge in [0.25, 0.3) is 0 Å². The Kier molecular flexibility index (Phi) is 5.21. The van der Waals surface area contributed by atoms with Crippen molar-refractivity contribution in [1.29, 1.82) is 0 Å². The summed E-state index contributed by atoms with van der Waals surface area (Å²) < 4.78 is 5.74. The number of H-pyrrole nitrogens is 1. The van der Waals surface area contributed by atoms with Crippen LogP contribution in [0.4, 0.5) is 0 Å². The minimum Gasteiger partial charge on any atom is -0.376 e. The van der Waals surface area contributed by atoms with Gasteiger partial charge in [-0.25, -0.2) is 0 Å². The van der Waals surface area contributed by atoms with Crippen LogP contribution in [0.2, 0.25) is 0 Å². The van der Waals surface area contributed by atoms with E-state index < -0.39 is 0 Å². The van der Waals surface area contributed by atoms with Crippen LogP contribution in [-0.2, 0) is 16.0 Å². The summed E-state index contributed by atoms with van der Waals surface area (Å²) in [6, 6.07) is 8.46. The molecule has 0 atom stereocenters. The standard InChI is InChI=1S/C19H27N3O2/c1-15(23)21-14-19(24-2)8-11-22(12-9-19)10-7-16-13-20-18-6-4-3-5-17(16)18/h3-6,13,20H,7-12,14H2,1-2H3,(H,21,23). The number of aromatic amines is 1. The molecular formula is C19H27N3O2. The molecule has 1 aliphatic rings.